The smallest absolute Gasteiger partial charge is 0.320 e. The van der Waals surface area contributed by atoms with Crippen LogP contribution in [0.2, 0.25) is 0 Å². The van der Waals surface area contributed by atoms with Crippen LogP contribution in [0.5, 0.6) is 5.75 Å². The summed E-state index contributed by atoms with van der Waals surface area (Å²) in [6.07, 6.45) is 2.56. The van der Waals surface area contributed by atoms with Crippen molar-refractivity contribution in [3.63, 3.8) is 0 Å². The lowest BCUT2D eigenvalue weighted by molar-refractivity contribution is -0.146. The first kappa shape index (κ1) is 15.5. The molecule has 0 saturated heterocycles. The third-order valence-corrected chi connectivity index (χ3v) is 3.92. The van der Waals surface area contributed by atoms with E-state index in [0.29, 0.717) is 13.2 Å². The molecule has 0 bridgehead atoms. The maximum absolute atomic E-state index is 12.1. The van der Waals surface area contributed by atoms with E-state index in [9.17, 15) is 4.79 Å². The quantitative estimate of drug-likeness (QED) is 0.794. The normalized spacial score (nSPS) is 16.5. The Bertz CT molecular complexity index is 660. The molecule has 0 unspecified atom stereocenters. The number of rotatable bonds is 5. The lowest BCUT2D eigenvalue weighted by Crippen LogP contribution is -2.34. The van der Waals surface area contributed by atoms with Crippen molar-refractivity contribution in [1.82, 2.24) is 9.88 Å². The van der Waals surface area contributed by atoms with E-state index in [1.54, 1.807) is 6.20 Å². The fraction of sp³-hybridized carbons (Fsp3) is 0.333. The summed E-state index contributed by atoms with van der Waals surface area (Å²) in [4.78, 5) is 18.4. The van der Waals surface area contributed by atoms with Gasteiger partial charge in [0.05, 0.1) is 24.9 Å². The number of aromatic nitrogens is 1. The van der Waals surface area contributed by atoms with E-state index in [1.807, 2.05) is 54.4 Å². The summed E-state index contributed by atoms with van der Waals surface area (Å²) in [5.74, 6) is 0.563. The molecule has 1 atom stereocenters. The minimum atomic E-state index is -0.236. The van der Waals surface area contributed by atoms with Crippen molar-refractivity contribution in [1.29, 1.82) is 0 Å². The molecule has 1 aromatic heterocycles. The maximum Gasteiger partial charge on any atom is 0.320 e. The summed E-state index contributed by atoms with van der Waals surface area (Å²) in [6.45, 7) is 1.16. The largest absolute Gasteiger partial charge is 0.492 e. The third-order valence-electron chi connectivity index (χ3n) is 3.92. The number of nitrogens with zero attached hydrogens (tertiary/aromatic N) is 2. The number of hydrogen-bond acceptors (Lipinski definition) is 5. The molecule has 0 amide bonds. The van der Waals surface area contributed by atoms with Gasteiger partial charge in [0.2, 0.25) is 0 Å². The fourth-order valence-electron chi connectivity index (χ4n) is 2.72. The van der Waals surface area contributed by atoms with Crippen LogP contribution >= 0.6 is 0 Å². The van der Waals surface area contributed by atoms with Gasteiger partial charge in [0.25, 0.3) is 0 Å². The van der Waals surface area contributed by atoms with E-state index in [4.69, 9.17) is 9.47 Å². The van der Waals surface area contributed by atoms with Crippen LogP contribution in [0.1, 0.15) is 23.7 Å². The predicted octanol–water partition coefficient (Wildman–Crippen LogP) is 2.58. The third kappa shape index (κ3) is 3.87. The predicted molar refractivity (Wildman–Crippen MR) is 86.0 cm³/mol. The zero-order valence-corrected chi connectivity index (χ0v) is 13.1. The second kappa shape index (κ2) is 7.24. The molecular weight excluding hydrogens is 292 g/mol. The molecule has 1 aliphatic rings. The molecule has 0 aliphatic carbocycles. The number of esters is 1. The van der Waals surface area contributed by atoms with Crippen LogP contribution in [0.25, 0.3) is 0 Å². The summed E-state index contributed by atoms with van der Waals surface area (Å²) in [7, 11) is 1.91. The zero-order chi connectivity index (χ0) is 16.1. The monoisotopic (exact) mass is 312 g/mol. The van der Waals surface area contributed by atoms with Gasteiger partial charge in [-0.2, -0.15) is 0 Å². The van der Waals surface area contributed by atoms with Crippen molar-refractivity contribution >= 4 is 5.97 Å². The Morgan fingerprint density at radius 2 is 2.13 bits per heavy atom. The lowest BCUT2D eigenvalue weighted by Gasteiger charge is -2.31. The first-order chi connectivity index (χ1) is 11.2. The van der Waals surface area contributed by atoms with Gasteiger partial charge in [0, 0.05) is 12.6 Å². The summed E-state index contributed by atoms with van der Waals surface area (Å²) in [5, 5.41) is 0. The molecule has 5 heteroatoms. The van der Waals surface area contributed by atoms with Crippen LogP contribution in [0.3, 0.4) is 0 Å². The van der Waals surface area contributed by atoms with Gasteiger partial charge in [-0.3, -0.25) is 14.7 Å². The Morgan fingerprint density at radius 3 is 2.96 bits per heavy atom. The molecular formula is C18H20N2O3. The van der Waals surface area contributed by atoms with Crippen molar-refractivity contribution in [3.8, 4) is 5.75 Å². The van der Waals surface area contributed by atoms with Crippen molar-refractivity contribution in [2.75, 3.05) is 20.2 Å². The number of ether oxygens (including phenoxy) is 2. The highest BCUT2D eigenvalue weighted by Crippen LogP contribution is 2.33. The van der Waals surface area contributed by atoms with Crippen LogP contribution in [0.15, 0.2) is 48.7 Å². The molecule has 3 rings (SSSR count). The fourth-order valence-corrected chi connectivity index (χ4v) is 2.72. The summed E-state index contributed by atoms with van der Waals surface area (Å²) < 4.78 is 11.0. The number of hydrogen-bond donors (Lipinski definition) is 0. The second-order valence-corrected chi connectivity index (χ2v) is 5.60. The molecule has 0 radical (unpaired) electrons. The van der Waals surface area contributed by atoms with Gasteiger partial charge in [-0.05, 0) is 24.7 Å². The van der Waals surface area contributed by atoms with Gasteiger partial charge in [-0.15, -0.1) is 0 Å². The minimum absolute atomic E-state index is 0.0734. The first-order valence-corrected chi connectivity index (χ1v) is 7.71. The van der Waals surface area contributed by atoms with Gasteiger partial charge in [-0.1, -0.05) is 30.3 Å². The van der Waals surface area contributed by atoms with Crippen molar-refractivity contribution in [3.05, 3.63) is 59.9 Å². The molecule has 1 aliphatic heterocycles. The molecule has 2 heterocycles. The van der Waals surface area contributed by atoms with E-state index in [2.05, 4.69) is 4.98 Å². The number of pyridine rings is 1. The van der Waals surface area contributed by atoms with Gasteiger partial charge in [0.15, 0.2) is 0 Å². The summed E-state index contributed by atoms with van der Waals surface area (Å²) >= 11 is 0. The Hall–Kier alpha value is -2.40. The molecule has 5 nitrogen and oxygen atoms in total. The van der Waals surface area contributed by atoms with E-state index in [1.165, 1.54) is 0 Å². The van der Waals surface area contributed by atoms with Gasteiger partial charge in [0.1, 0.15) is 12.4 Å². The molecule has 0 saturated carbocycles. The van der Waals surface area contributed by atoms with Gasteiger partial charge >= 0.3 is 5.97 Å². The van der Waals surface area contributed by atoms with E-state index >= 15 is 0 Å². The van der Waals surface area contributed by atoms with Crippen LogP contribution in [0.4, 0.5) is 0 Å². The molecule has 0 N–H and O–H groups in total. The Balaban J connectivity index is 1.57. The van der Waals surface area contributed by atoms with E-state index in [-0.39, 0.29) is 18.6 Å². The van der Waals surface area contributed by atoms with Crippen LogP contribution in [-0.4, -0.2) is 36.1 Å². The lowest BCUT2D eigenvalue weighted by atomic mass is 10.1. The molecule has 23 heavy (non-hydrogen) atoms. The van der Waals surface area contributed by atoms with Gasteiger partial charge < -0.3 is 9.47 Å². The topological polar surface area (TPSA) is 51.7 Å². The zero-order valence-electron chi connectivity index (χ0n) is 13.1. The first-order valence-electron chi connectivity index (χ1n) is 7.71. The van der Waals surface area contributed by atoms with Crippen molar-refractivity contribution < 1.29 is 14.3 Å². The number of carbonyl (C=O) groups excluding carboxylic acids is 1. The second-order valence-electron chi connectivity index (χ2n) is 5.60. The van der Waals surface area contributed by atoms with Crippen molar-refractivity contribution in [2.24, 2.45) is 0 Å². The number of fused-ring (bicyclic) bond motifs is 1. The number of benzene rings is 1. The van der Waals surface area contributed by atoms with Crippen molar-refractivity contribution in [2.45, 2.75) is 19.1 Å². The summed E-state index contributed by atoms with van der Waals surface area (Å²) in [6, 6.07) is 13.5. The van der Waals surface area contributed by atoms with E-state index < -0.39 is 0 Å². The van der Waals surface area contributed by atoms with Crippen LogP contribution in [-0.2, 0) is 16.1 Å². The number of carbonyl (C=O) groups is 1. The molecule has 0 fully saturated rings. The molecule has 1 aromatic carbocycles. The van der Waals surface area contributed by atoms with Crippen LogP contribution < -0.4 is 4.74 Å². The Kier molecular flexibility index (Phi) is 4.88. The highest BCUT2D eigenvalue weighted by atomic mass is 16.5. The average Bonchev–Trinajstić information content (AvgIpc) is 2.60. The number of likely N-dealkylation sites (N-methyl/N-ethyl adjacent to an activating group) is 1. The molecule has 120 valence electrons. The average molecular weight is 312 g/mol. The molecule has 0 spiro atoms. The Morgan fingerprint density at radius 1 is 1.30 bits per heavy atom. The summed E-state index contributed by atoms with van der Waals surface area (Å²) in [5.41, 5.74) is 1.87. The molecule has 2 aromatic rings. The maximum atomic E-state index is 12.1. The highest BCUT2D eigenvalue weighted by molar-refractivity contribution is 5.71. The standard InChI is InChI=1S/C18H20N2O3/c1-20(12-17(21)23-13-14-6-3-2-4-7-14)15-9-11-22-16-8-5-10-19-18(15)16/h2-8,10,15H,9,11-13H2,1H3/t15-/m0/s1. The minimum Gasteiger partial charge on any atom is -0.492 e. The van der Waals surface area contributed by atoms with Gasteiger partial charge in [-0.25, -0.2) is 0 Å². The SMILES string of the molecule is CN(CC(=O)OCc1ccccc1)[C@H]1CCOc2cccnc21. The Labute approximate surface area is 135 Å². The highest BCUT2D eigenvalue weighted by Gasteiger charge is 2.27. The van der Waals surface area contributed by atoms with E-state index in [0.717, 1.165) is 23.4 Å². The van der Waals surface area contributed by atoms with Crippen LogP contribution in [0, 0.1) is 0 Å².